The summed E-state index contributed by atoms with van der Waals surface area (Å²) in [6.45, 7) is 1.86. The summed E-state index contributed by atoms with van der Waals surface area (Å²) < 4.78 is 0. The van der Waals surface area contributed by atoms with Crippen molar-refractivity contribution in [2.75, 3.05) is 10.6 Å². The molecule has 128 valence electrons. The zero-order chi connectivity index (χ0) is 18.5. The minimum atomic E-state index is -0.347. The number of benzene rings is 2. The zero-order valence-electron chi connectivity index (χ0n) is 13.8. The first kappa shape index (κ1) is 17.4. The summed E-state index contributed by atoms with van der Waals surface area (Å²) in [5.74, 6) is 0.128. The van der Waals surface area contributed by atoms with E-state index in [1.807, 2.05) is 6.92 Å². The normalized spacial score (nSPS) is 10.0. The Balaban J connectivity index is 1.75. The SMILES string of the molecule is Cc1cc(Cl)ccc1NC(=O)c1cc(Nc2ccc(C#N)cc2)ncn1. The van der Waals surface area contributed by atoms with Gasteiger partial charge in [0.05, 0.1) is 11.6 Å². The molecule has 26 heavy (non-hydrogen) atoms. The molecule has 0 saturated carbocycles. The Morgan fingerprint density at radius 2 is 1.88 bits per heavy atom. The van der Waals surface area contributed by atoms with Crippen molar-refractivity contribution >= 4 is 34.7 Å². The number of nitriles is 1. The minimum Gasteiger partial charge on any atom is -0.340 e. The summed E-state index contributed by atoms with van der Waals surface area (Å²) in [6, 6.07) is 15.8. The maximum Gasteiger partial charge on any atom is 0.274 e. The van der Waals surface area contributed by atoms with Gasteiger partial charge in [-0.2, -0.15) is 5.26 Å². The van der Waals surface area contributed by atoms with Crippen molar-refractivity contribution in [2.45, 2.75) is 6.92 Å². The summed E-state index contributed by atoms with van der Waals surface area (Å²) in [7, 11) is 0. The van der Waals surface area contributed by atoms with E-state index in [0.29, 0.717) is 22.1 Å². The van der Waals surface area contributed by atoms with Crippen LogP contribution in [0.4, 0.5) is 17.2 Å². The molecule has 0 unspecified atom stereocenters. The fourth-order valence-electron chi connectivity index (χ4n) is 2.28. The number of halogens is 1. The third-order valence-electron chi connectivity index (χ3n) is 3.62. The molecule has 2 aromatic carbocycles. The molecule has 1 heterocycles. The van der Waals surface area contributed by atoms with Crippen LogP contribution in [0.3, 0.4) is 0 Å². The van der Waals surface area contributed by atoms with Crippen molar-refractivity contribution in [3.63, 3.8) is 0 Å². The number of carbonyl (C=O) groups excluding carboxylic acids is 1. The van der Waals surface area contributed by atoms with E-state index < -0.39 is 0 Å². The molecule has 1 amide bonds. The third kappa shape index (κ3) is 4.15. The molecule has 0 aliphatic rings. The Labute approximate surface area is 155 Å². The highest BCUT2D eigenvalue weighted by atomic mass is 35.5. The third-order valence-corrected chi connectivity index (χ3v) is 3.86. The molecule has 3 rings (SSSR count). The van der Waals surface area contributed by atoms with Crippen LogP contribution in [0, 0.1) is 18.3 Å². The highest BCUT2D eigenvalue weighted by molar-refractivity contribution is 6.30. The molecular weight excluding hydrogens is 350 g/mol. The van der Waals surface area contributed by atoms with Gasteiger partial charge in [0.2, 0.25) is 0 Å². The topological polar surface area (TPSA) is 90.7 Å². The summed E-state index contributed by atoms with van der Waals surface area (Å²) in [4.78, 5) is 20.6. The minimum absolute atomic E-state index is 0.227. The van der Waals surface area contributed by atoms with Gasteiger partial charge in [0, 0.05) is 22.5 Å². The summed E-state index contributed by atoms with van der Waals surface area (Å²) in [5.41, 5.74) is 3.07. The first-order valence-electron chi connectivity index (χ1n) is 7.72. The molecule has 0 aliphatic carbocycles. The van der Waals surface area contributed by atoms with E-state index in [2.05, 4.69) is 26.7 Å². The van der Waals surface area contributed by atoms with Crippen LogP contribution in [-0.4, -0.2) is 15.9 Å². The van der Waals surface area contributed by atoms with E-state index in [9.17, 15) is 4.79 Å². The van der Waals surface area contributed by atoms with Crippen molar-refractivity contribution in [1.29, 1.82) is 5.26 Å². The number of amides is 1. The van der Waals surface area contributed by atoms with E-state index in [1.54, 1.807) is 48.5 Å². The number of carbonyl (C=O) groups is 1. The van der Waals surface area contributed by atoms with Gasteiger partial charge in [0.25, 0.3) is 5.91 Å². The van der Waals surface area contributed by atoms with Gasteiger partial charge in [-0.3, -0.25) is 4.79 Å². The lowest BCUT2D eigenvalue weighted by atomic mass is 10.2. The molecule has 3 aromatic rings. The van der Waals surface area contributed by atoms with Gasteiger partial charge in [0.1, 0.15) is 17.8 Å². The molecule has 0 aliphatic heterocycles. The second-order valence-electron chi connectivity index (χ2n) is 5.52. The predicted molar refractivity (Wildman–Crippen MR) is 101 cm³/mol. The predicted octanol–water partition coefficient (Wildman–Crippen LogP) is 4.31. The Bertz CT molecular complexity index is 996. The van der Waals surface area contributed by atoms with Crippen LogP contribution in [0.2, 0.25) is 5.02 Å². The number of nitrogens with zero attached hydrogens (tertiary/aromatic N) is 3. The van der Waals surface area contributed by atoms with Crippen LogP contribution in [0.15, 0.2) is 54.9 Å². The van der Waals surface area contributed by atoms with Gasteiger partial charge < -0.3 is 10.6 Å². The average Bonchev–Trinajstić information content (AvgIpc) is 2.65. The molecule has 0 atom stereocenters. The van der Waals surface area contributed by atoms with Gasteiger partial charge in [-0.25, -0.2) is 9.97 Å². The molecule has 0 saturated heterocycles. The zero-order valence-corrected chi connectivity index (χ0v) is 14.6. The van der Waals surface area contributed by atoms with E-state index in [1.165, 1.54) is 6.33 Å². The number of rotatable bonds is 4. The van der Waals surface area contributed by atoms with Gasteiger partial charge in [-0.15, -0.1) is 0 Å². The Morgan fingerprint density at radius 1 is 1.12 bits per heavy atom. The number of anilines is 3. The van der Waals surface area contributed by atoms with Crippen molar-refractivity contribution in [3.8, 4) is 6.07 Å². The highest BCUT2D eigenvalue weighted by Crippen LogP contribution is 2.21. The molecular formula is C19H14ClN5O. The molecule has 0 spiro atoms. The maximum atomic E-state index is 12.4. The van der Waals surface area contributed by atoms with E-state index in [0.717, 1.165) is 11.3 Å². The number of hydrogen-bond acceptors (Lipinski definition) is 5. The molecule has 7 heteroatoms. The Kier molecular flexibility index (Phi) is 5.11. The van der Waals surface area contributed by atoms with E-state index >= 15 is 0 Å². The number of nitrogens with one attached hydrogen (secondary N) is 2. The Hall–Kier alpha value is -3.43. The van der Waals surface area contributed by atoms with Crippen molar-refractivity contribution in [2.24, 2.45) is 0 Å². The first-order valence-corrected chi connectivity index (χ1v) is 8.10. The quantitative estimate of drug-likeness (QED) is 0.720. The van der Waals surface area contributed by atoms with Gasteiger partial charge in [0.15, 0.2) is 0 Å². The van der Waals surface area contributed by atoms with Gasteiger partial charge in [-0.05, 0) is 55.0 Å². The van der Waals surface area contributed by atoms with Crippen LogP contribution in [-0.2, 0) is 0 Å². The largest absolute Gasteiger partial charge is 0.340 e. The number of aromatic nitrogens is 2. The maximum absolute atomic E-state index is 12.4. The van der Waals surface area contributed by atoms with Crippen molar-refractivity contribution in [3.05, 3.63) is 76.7 Å². The standard InChI is InChI=1S/C19H14ClN5O/c1-12-8-14(20)4-7-16(12)25-19(26)17-9-18(23-11-22-17)24-15-5-2-13(10-21)3-6-15/h2-9,11H,1H3,(H,25,26)(H,22,23,24). The molecule has 0 radical (unpaired) electrons. The lowest BCUT2D eigenvalue weighted by Crippen LogP contribution is -2.15. The second-order valence-corrected chi connectivity index (χ2v) is 5.95. The second kappa shape index (κ2) is 7.64. The van der Waals surface area contributed by atoms with E-state index in [-0.39, 0.29) is 11.6 Å². The van der Waals surface area contributed by atoms with Crippen LogP contribution in [0.1, 0.15) is 21.6 Å². The number of hydrogen-bond donors (Lipinski definition) is 2. The van der Waals surface area contributed by atoms with Crippen molar-refractivity contribution in [1.82, 2.24) is 9.97 Å². The fraction of sp³-hybridized carbons (Fsp3) is 0.0526. The smallest absolute Gasteiger partial charge is 0.274 e. The van der Waals surface area contributed by atoms with Gasteiger partial charge in [-0.1, -0.05) is 11.6 Å². The summed E-state index contributed by atoms with van der Waals surface area (Å²) >= 11 is 5.93. The molecule has 0 bridgehead atoms. The molecule has 0 fully saturated rings. The Morgan fingerprint density at radius 3 is 2.58 bits per heavy atom. The van der Waals surface area contributed by atoms with Crippen molar-refractivity contribution < 1.29 is 4.79 Å². The average molecular weight is 364 g/mol. The highest BCUT2D eigenvalue weighted by Gasteiger charge is 2.11. The molecule has 2 N–H and O–H groups in total. The molecule has 6 nitrogen and oxygen atoms in total. The lowest BCUT2D eigenvalue weighted by molar-refractivity contribution is 0.102. The fourth-order valence-corrected chi connectivity index (χ4v) is 2.51. The van der Waals surface area contributed by atoms with Crippen LogP contribution in [0.25, 0.3) is 0 Å². The summed E-state index contributed by atoms with van der Waals surface area (Å²) in [5, 5.41) is 15.3. The first-order chi connectivity index (χ1) is 12.5. The monoisotopic (exact) mass is 363 g/mol. The van der Waals surface area contributed by atoms with Crippen LogP contribution >= 0.6 is 11.6 Å². The van der Waals surface area contributed by atoms with Crippen LogP contribution in [0.5, 0.6) is 0 Å². The van der Waals surface area contributed by atoms with E-state index in [4.69, 9.17) is 16.9 Å². The van der Waals surface area contributed by atoms with Gasteiger partial charge >= 0.3 is 0 Å². The number of aryl methyl sites for hydroxylation is 1. The lowest BCUT2D eigenvalue weighted by Gasteiger charge is -2.09. The van der Waals surface area contributed by atoms with Crippen LogP contribution < -0.4 is 10.6 Å². The summed E-state index contributed by atoms with van der Waals surface area (Å²) in [6.07, 6.45) is 1.32. The molecule has 1 aromatic heterocycles.